The molecule has 0 aliphatic heterocycles. The Bertz CT molecular complexity index is 668. The summed E-state index contributed by atoms with van der Waals surface area (Å²) >= 11 is 0. The van der Waals surface area contributed by atoms with Gasteiger partial charge in [-0.1, -0.05) is 0 Å². The predicted octanol–water partition coefficient (Wildman–Crippen LogP) is 3.08. The zero-order valence-electron chi connectivity index (χ0n) is 9.88. The van der Waals surface area contributed by atoms with Crippen LogP contribution in [0.4, 0.5) is 28.9 Å². The number of halogens is 4. The van der Waals surface area contributed by atoms with Gasteiger partial charge in [-0.15, -0.1) is 0 Å². The lowest BCUT2D eigenvalue weighted by Crippen LogP contribution is -2.14. The van der Waals surface area contributed by atoms with Crippen molar-refractivity contribution in [3.8, 4) is 0 Å². The molecule has 0 aliphatic rings. The van der Waals surface area contributed by atoms with E-state index in [1.165, 1.54) is 0 Å². The van der Waals surface area contributed by atoms with Crippen molar-refractivity contribution in [1.82, 2.24) is 0 Å². The Kier molecular flexibility index (Phi) is 3.60. The summed E-state index contributed by atoms with van der Waals surface area (Å²) < 4.78 is 52.3. The fourth-order valence-electron chi connectivity index (χ4n) is 1.54. The van der Waals surface area contributed by atoms with Crippen molar-refractivity contribution >= 4 is 17.3 Å². The summed E-state index contributed by atoms with van der Waals surface area (Å²) in [5.74, 6) is -4.88. The van der Waals surface area contributed by atoms with Gasteiger partial charge in [0.2, 0.25) is 0 Å². The molecule has 0 atom stereocenters. The lowest BCUT2D eigenvalue weighted by atomic mass is 10.2. The van der Waals surface area contributed by atoms with Gasteiger partial charge in [0.1, 0.15) is 23.3 Å². The Morgan fingerprint density at radius 3 is 2.10 bits per heavy atom. The Labute approximate surface area is 111 Å². The van der Waals surface area contributed by atoms with Gasteiger partial charge in [0.05, 0.1) is 11.4 Å². The molecule has 0 fully saturated rings. The van der Waals surface area contributed by atoms with Crippen LogP contribution in [-0.4, -0.2) is 5.91 Å². The zero-order valence-corrected chi connectivity index (χ0v) is 9.88. The SMILES string of the molecule is Nc1cc(NC(=O)c2cc(F)cc(F)c2)c(F)cc1F. The van der Waals surface area contributed by atoms with Crippen LogP contribution in [0.1, 0.15) is 10.4 Å². The number of carbonyl (C=O) groups is 1. The third-order valence-corrected chi connectivity index (χ3v) is 2.46. The van der Waals surface area contributed by atoms with Crippen LogP contribution in [0.3, 0.4) is 0 Å². The third kappa shape index (κ3) is 2.87. The first kappa shape index (κ1) is 13.9. The highest BCUT2D eigenvalue weighted by Crippen LogP contribution is 2.22. The Morgan fingerprint density at radius 1 is 0.900 bits per heavy atom. The van der Waals surface area contributed by atoms with Crippen molar-refractivity contribution in [2.75, 3.05) is 11.1 Å². The highest BCUT2D eigenvalue weighted by atomic mass is 19.1. The van der Waals surface area contributed by atoms with E-state index in [0.717, 1.165) is 18.2 Å². The largest absolute Gasteiger partial charge is 0.396 e. The van der Waals surface area contributed by atoms with E-state index in [9.17, 15) is 22.4 Å². The number of hydrogen-bond donors (Lipinski definition) is 2. The molecule has 0 spiro atoms. The summed E-state index contributed by atoms with van der Waals surface area (Å²) in [5.41, 5.74) is 4.14. The Hall–Kier alpha value is -2.57. The average Bonchev–Trinajstić information content (AvgIpc) is 2.34. The molecule has 20 heavy (non-hydrogen) atoms. The highest BCUT2D eigenvalue weighted by molar-refractivity contribution is 6.04. The van der Waals surface area contributed by atoms with Crippen molar-refractivity contribution in [3.63, 3.8) is 0 Å². The second-order valence-electron chi connectivity index (χ2n) is 3.97. The van der Waals surface area contributed by atoms with Crippen molar-refractivity contribution in [2.24, 2.45) is 0 Å². The first-order valence-corrected chi connectivity index (χ1v) is 5.39. The number of hydrogen-bond acceptors (Lipinski definition) is 2. The lowest BCUT2D eigenvalue weighted by molar-refractivity contribution is 0.102. The molecule has 0 aromatic heterocycles. The standard InChI is InChI=1S/C13H8F4N2O/c14-7-1-6(2-8(15)3-7)13(20)19-12-5-11(18)9(16)4-10(12)17/h1-5H,18H2,(H,19,20). The third-order valence-electron chi connectivity index (χ3n) is 2.46. The fourth-order valence-corrected chi connectivity index (χ4v) is 1.54. The lowest BCUT2D eigenvalue weighted by Gasteiger charge is -2.08. The van der Waals surface area contributed by atoms with Crippen molar-refractivity contribution in [1.29, 1.82) is 0 Å². The topological polar surface area (TPSA) is 55.1 Å². The number of anilines is 2. The molecule has 3 nitrogen and oxygen atoms in total. The second-order valence-corrected chi connectivity index (χ2v) is 3.97. The van der Waals surface area contributed by atoms with Crippen LogP contribution >= 0.6 is 0 Å². The summed E-state index contributed by atoms with van der Waals surface area (Å²) in [6, 6.07) is 3.52. The molecule has 0 radical (unpaired) electrons. The normalized spacial score (nSPS) is 10.4. The van der Waals surface area contributed by atoms with E-state index >= 15 is 0 Å². The summed E-state index contributed by atoms with van der Waals surface area (Å²) in [5, 5.41) is 2.06. The quantitative estimate of drug-likeness (QED) is 0.657. The second kappa shape index (κ2) is 5.20. The van der Waals surface area contributed by atoms with E-state index in [1.807, 2.05) is 0 Å². The minimum absolute atomic E-state index is 0.343. The minimum atomic E-state index is -1.05. The van der Waals surface area contributed by atoms with Crippen LogP contribution in [0.25, 0.3) is 0 Å². The van der Waals surface area contributed by atoms with E-state index in [0.29, 0.717) is 12.1 Å². The maximum atomic E-state index is 13.4. The molecule has 1 amide bonds. The van der Waals surface area contributed by atoms with Crippen LogP contribution in [0.5, 0.6) is 0 Å². The van der Waals surface area contributed by atoms with E-state index in [-0.39, 0.29) is 11.3 Å². The molecule has 0 saturated carbocycles. The molecule has 0 unspecified atom stereocenters. The number of nitrogens with two attached hydrogens (primary N) is 1. The monoisotopic (exact) mass is 284 g/mol. The van der Waals surface area contributed by atoms with Crippen LogP contribution in [0.15, 0.2) is 30.3 Å². The van der Waals surface area contributed by atoms with Gasteiger partial charge < -0.3 is 11.1 Å². The van der Waals surface area contributed by atoms with Gasteiger partial charge in [0.15, 0.2) is 0 Å². The number of rotatable bonds is 2. The number of amides is 1. The first-order valence-electron chi connectivity index (χ1n) is 5.39. The maximum Gasteiger partial charge on any atom is 0.255 e. The van der Waals surface area contributed by atoms with Gasteiger partial charge >= 0.3 is 0 Å². The highest BCUT2D eigenvalue weighted by Gasteiger charge is 2.13. The molecule has 2 rings (SSSR count). The van der Waals surface area contributed by atoms with Crippen LogP contribution in [0.2, 0.25) is 0 Å². The van der Waals surface area contributed by atoms with Crippen molar-refractivity contribution in [3.05, 3.63) is 59.2 Å². The maximum absolute atomic E-state index is 13.4. The van der Waals surface area contributed by atoms with Gasteiger partial charge in [-0.2, -0.15) is 0 Å². The number of nitrogens with one attached hydrogen (secondary N) is 1. The Morgan fingerprint density at radius 2 is 1.50 bits per heavy atom. The van der Waals surface area contributed by atoms with Crippen LogP contribution in [0, 0.1) is 23.3 Å². The molecule has 104 valence electrons. The number of nitrogen functional groups attached to an aromatic ring is 1. The van der Waals surface area contributed by atoms with Gasteiger partial charge in [-0.05, 0) is 18.2 Å². The molecule has 0 heterocycles. The molecule has 2 aromatic carbocycles. The summed E-state index contributed by atoms with van der Waals surface area (Å²) in [6.45, 7) is 0. The van der Waals surface area contributed by atoms with Crippen molar-refractivity contribution in [2.45, 2.75) is 0 Å². The fraction of sp³-hybridized carbons (Fsp3) is 0. The molecule has 0 aliphatic carbocycles. The molecule has 2 aromatic rings. The summed E-state index contributed by atoms with van der Waals surface area (Å²) in [6.07, 6.45) is 0. The molecule has 0 bridgehead atoms. The van der Waals surface area contributed by atoms with Gasteiger partial charge in [0.25, 0.3) is 5.91 Å². The van der Waals surface area contributed by atoms with Gasteiger partial charge in [0, 0.05) is 17.7 Å². The number of benzene rings is 2. The smallest absolute Gasteiger partial charge is 0.255 e. The average molecular weight is 284 g/mol. The predicted molar refractivity (Wildman–Crippen MR) is 65.1 cm³/mol. The van der Waals surface area contributed by atoms with E-state index in [1.54, 1.807) is 0 Å². The van der Waals surface area contributed by atoms with Crippen LogP contribution < -0.4 is 11.1 Å². The van der Waals surface area contributed by atoms with Gasteiger partial charge in [-0.25, -0.2) is 17.6 Å². The first-order chi connectivity index (χ1) is 9.36. The molecule has 7 heteroatoms. The van der Waals surface area contributed by atoms with E-state index < -0.39 is 34.9 Å². The summed E-state index contributed by atoms with van der Waals surface area (Å²) in [4.78, 5) is 11.7. The Balaban J connectivity index is 2.30. The van der Waals surface area contributed by atoms with Crippen LogP contribution in [-0.2, 0) is 0 Å². The van der Waals surface area contributed by atoms with E-state index in [2.05, 4.69) is 5.32 Å². The molecule has 0 saturated heterocycles. The van der Waals surface area contributed by atoms with Crippen molar-refractivity contribution < 1.29 is 22.4 Å². The summed E-state index contributed by atoms with van der Waals surface area (Å²) in [7, 11) is 0. The van der Waals surface area contributed by atoms with E-state index in [4.69, 9.17) is 5.73 Å². The van der Waals surface area contributed by atoms with Gasteiger partial charge in [-0.3, -0.25) is 4.79 Å². The molecule has 3 N–H and O–H groups in total. The number of carbonyl (C=O) groups excluding carboxylic acids is 1. The zero-order chi connectivity index (χ0) is 14.9. The molecular formula is C13H8F4N2O. The molecular weight excluding hydrogens is 276 g/mol. The minimum Gasteiger partial charge on any atom is -0.396 e.